The van der Waals surface area contributed by atoms with Crippen molar-refractivity contribution < 1.29 is 23.6 Å². The lowest BCUT2D eigenvalue weighted by Gasteiger charge is -2.36. The molecular weight excluding hydrogens is 496 g/mol. The van der Waals surface area contributed by atoms with E-state index in [4.69, 9.17) is 4.42 Å². The van der Waals surface area contributed by atoms with E-state index in [9.17, 15) is 19.2 Å². The highest BCUT2D eigenvalue weighted by Gasteiger charge is 2.41. The van der Waals surface area contributed by atoms with Crippen molar-refractivity contribution in [3.8, 4) is 0 Å². The van der Waals surface area contributed by atoms with Gasteiger partial charge in [-0.15, -0.1) is 0 Å². The number of Topliss-reactive ketones (excluding diaryl/α,β-unsaturated/α-hetero) is 1. The molecule has 204 valence electrons. The zero-order valence-corrected chi connectivity index (χ0v) is 22.4. The Morgan fingerprint density at radius 2 is 1.74 bits per heavy atom. The molecule has 1 saturated heterocycles. The summed E-state index contributed by atoms with van der Waals surface area (Å²) in [6, 6.07) is 14.3. The Balaban J connectivity index is 1.40. The lowest BCUT2D eigenvalue weighted by Crippen LogP contribution is -2.57. The van der Waals surface area contributed by atoms with Gasteiger partial charge in [0, 0.05) is 38.1 Å². The van der Waals surface area contributed by atoms with Crippen molar-refractivity contribution in [1.29, 1.82) is 0 Å². The highest BCUT2D eigenvalue weighted by Crippen LogP contribution is 2.32. The summed E-state index contributed by atoms with van der Waals surface area (Å²) in [5.74, 6) is -0.674. The molecule has 1 saturated carbocycles. The second-order valence-electron chi connectivity index (χ2n) is 10.7. The summed E-state index contributed by atoms with van der Waals surface area (Å²) in [4.78, 5) is 55.6. The van der Waals surface area contributed by atoms with Crippen molar-refractivity contribution in [2.24, 2.45) is 0 Å². The molecule has 5 rings (SSSR count). The van der Waals surface area contributed by atoms with Crippen LogP contribution in [-0.4, -0.2) is 61.1 Å². The number of rotatable bonds is 6. The number of carbonyl (C=O) groups excluding carboxylic acids is 4. The number of nitrogens with one attached hydrogen (secondary N) is 2. The lowest BCUT2D eigenvalue weighted by atomic mass is 9.80. The fraction of sp³-hybridized carbons (Fsp3) is 0.400. The minimum atomic E-state index is -1.10. The largest absolute Gasteiger partial charge is 0.451 e. The van der Waals surface area contributed by atoms with E-state index < -0.39 is 11.4 Å². The maximum Gasteiger partial charge on any atom is 0.287 e. The number of carbonyl (C=O) groups is 4. The summed E-state index contributed by atoms with van der Waals surface area (Å²) in [5.41, 5.74) is 1.05. The molecular formula is C30H34N4O5. The fourth-order valence-corrected chi connectivity index (χ4v) is 5.53. The van der Waals surface area contributed by atoms with E-state index in [0.717, 1.165) is 31.1 Å². The van der Waals surface area contributed by atoms with Crippen LogP contribution in [0.1, 0.15) is 65.9 Å². The van der Waals surface area contributed by atoms with Gasteiger partial charge in [-0.2, -0.15) is 0 Å². The smallest absolute Gasteiger partial charge is 0.287 e. The van der Waals surface area contributed by atoms with Gasteiger partial charge in [0.1, 0.15) is 11.1 Å². The standard InChI is InChI=1S/C30H34N4O5/c1-33(2)28(37)23-18-21(12-13-24(23)34-16-8-10-22(35)19-34)31-29(38)30(14-6-3-7-15-30)32-27(36)26-17-20-9-4-5-11-25(20)39-26/h4-5,9,11-13,17-18H,3,6-8,10,14-16,19H2,1-2H3,(H,31,38)(H,32,36). The van der Waals surface area contributed by atoms with E-state index in [1.165, 1.54) is 4.90 Å². The van der Waals surface area contributed by atoms with E-state index >= 15 is 0 Å². The van der Waals surface area contributed by atoms with Gasteiger partial charge in [0.2, 0.25) is 5.91 Å². The number of amides is 3. The number of nitrogens with zero attached hydrogens (tertiary/aromatic N) is 2. The Morgan fingerprint density at radius 1 is 0.974 bits per heavy atom. The number of ketones is 1. The summed E-state index contributed by atoms with van der Waals surface area (Å²) in [6.07, 6.45) is 4.88. The van der Waals surface area contributed by atoms with Crippen molar-refractivity contribution in [2.45, 2.75) is 50.5 Å². The van der Waals surface area contributed by atoms with E-state index in [2.05, 4.69) is 10.6 Å². The highest BCUT2D eigenvalue weighted by molar-refractivity contribution is 6.06. The first-order chi connectivity index (χ1) is 18.8. The second kappa shape index (κ2) is 10.9. The van der Waals surface area contributed by atoms with E-state index in [-0.39, 0.29) is 29.9 Å². The Bertz CT molecular complexity index is 1390. The molecule has 3 aromatic rings. The Morgan fingerprint density at radius 3 is 2.46 bits per heavy atom. The minimum absolute atomic E-state index is 0.140. The normalized spacial score (nSPS) is 17.1. The molecule has 0 atom stereocenters. The van der Waals surface area contributed by atoms with Gasteiger partial charge in [-0.25, -0.2) is 0 Å². The molecule has 0 spiro atoms. The van der Waals surface area contributed by atoms with Crippen LogP contribution >= 0.6 is 0 Å². The Hall–Kier alpha value is -4.14. The highest BCUT2D eigenvalue weighted by atomic mass is 16.3. The number of para-hydroxylation sites is 1. The van der Waals surface area contributed by atoms with Crippen LogP contribution in [0, 0.1) is 0 Å². The van der Waals surface area contributed by atoms with Gasteiger partial charge >= 0.3 is 0 Å². The van der Waals surface area contributed by atoms with Crippen molar-refractivity contribution in [2.75, 3.05) is 37.4 Å². The van der Waals surface area contributed by atoms with Crippen molar-refractivity contribution in [1.82, 2.24) is 10.2 Å². The molecule has 1 aliphatic carbocycles. The third-order valence-corrected chi connectivity index (χ3v) is 7.63. The predicted molar refractivity (Wildman–Crippen MR) is 149 cm³/mol. The quantitative estimate of drug-likeness (QED) is 0.489. The van der Waals surface area contributed by atoms with Crippen molar-refractivity contribution in [3.63, 3.8) is 0 Å². The molecule has 0 radical (unpaired) electrons. The zero-order chi connectivity index (χ0) is 27.6. The second-order valence-corrected chi connectivity index (χ2v) is 10.7. The molecule has 0 unspecified atom stereocenters. The first-order valence-corrected chi connectivity index (χ1v) is 13.5. The van der Waals surface area contributed by atoms with E-state index in [1.807, 2.05) is 23.1 Å². The maximum atomic E-state index is 13.8. The molecule has 9 nitrogen and oxygen atoms in total. The van der Waals surface area contributed by atoms with Gasteiger partial charge in [-0.3, -0.25) is 19.2 Å². The average Bonchev–Trinajstić information content (AvgIpc) is 3.38. The summed E-state index contributed by atoms with van der Waals surface area (Å²) in [6.45, 7) is 0.943. The van der Waals surface area contributed by atoms with Gasteiger partial charge in [-0.05, 0) is 49.6 Å². The SMILES string of the molecule is CN(C)C(=O)c1cc(NC(=O)C2(NC(=O)c3cc4ccccc4o3)CCCCC2)ccc1N1CCCC(=O)C1. The maximum absolute atomic E-state index is 13.8. The van der Waals surface area contributed by atoms with Crippen LogP contribution in [0.5, 0.6) is 0 Å². The topological polar surface area (TPSA) is 112 Å². The Labute approximate surface area is 227 Å². The minimum Gasteiger partial charge on any atom is -0.451 e. The Kier molecular flexibility index (Phi) is 7.41. The van der Waals surface area contributed by atoms with Crippen molar-refractivity contribution >= 4 is 45.8 Å². The summed E-state index contributed by atoms with van der Waals surface area (Å²) < 4.78 is 5.74. The molecule has 39 heavy (non-hydrogen) atoms. The molecule has 1 aromatic heterocycles. The first-order valence-electron chi connectivity index (χ1n) is 13.5. The van der Waals surface area contributed by atoms with Gasteiger partial charge in [0.15, 0.2) is 11.5 Å². The third kappa shape index (κ3) is 5.53. The molecule has 2 fully saturated rings. The molecule has 2 N–H and O–H groups in total. The lowest BCUT2D eigenvalue weighted by molar-refractivity contribution is -0.123. The fourth-order valence-electron chi connectivity index (χ4n) is 5.53. The number of hydrogen-bond donors (Lipinski definition) is 2. The van der Waals surface area contributed by atoms with E-state index in [1.54, 1.807) is 44.4 Å². The number of hydrogen-bond acceptors (Lipinski definition) is 6. The van der Waals surface area contributed by atoms with Crippen LogP contribution in [-0.2, 0) is 9.59 Å². The number of fused-ring (bicyclic) bond motifs is 1. The monoisotopic (exact) mass is 530 g/mol. The molecule has 2 heterocycles. The van der Waals surface area contributed by atoms with Crippen LogP contribution in [0.15, 0.2) is 52.9 Å². The van der Waals surface area contributed by atoms with Crippen LogP contribution in [0.25, 0.3) is 11.0 Å². The van der Waals surface area contributed by atoms with Gasteiger partial charge < -0.3 is 24.9 Å². The van der Waals surface area contributed by atoms with E-state index in [0.29, 0.717) is 48.3 Å². The molecule has 3 amide bonds. The number of furan rings is 1. The van der Waals surface area contributed by atoms with Gasteiger partial charge in [0.25, 0.3) is 11.8 Å². The average molecular weight is 531 g/mol. The molecule has 9 heteroatoms. The first kappa shape index (κ1) is 26.5. The molecule has 0 bridgehead atoms. The van der Waals surface area contributed by atoms with Gasteiger partial charge in [-0.1, -0.05) is 37.5 Å². The van der Waals surface area contributed by atoms with Crippen LogP contribution < -0.4 is 15.5 Å². The summed E-state index contributed by atoms with van der Waals surface area (Å²) in [7, 11) is 3.34. The zero-order valence-electron chi connectivity index (χ0n) is 22.4. The molecule has 1 aliphatic heterocycles. The third-order valence-electron chi connectivity index (χ3n) is 7.63. The predicted octanol–water partition coefficient (Wildman–Crippen LogP) is 4.38. The van der Waals surface area contributed by atoms with Crippen molar-refractivity contribution in [3.05, 3.63) is 59.9 Å². The van der Waals surface area contributed by atoms with Crippen LogP contribution in [0.2, 0.25) is 0 Å². The summed E-state index contributed by atoms with van der Waals surface area (Å²) in [5, 5.41) is 6.77. The molecule has 2 aliphatic rings. The van der Waals surface area contributed by atoms with Crippen LogP contribution in [0.3, 0.4) is 0 Å². The van der Waals surface area contributed by atoms with Crippen LogP contribution in [0.4, 0.5) is 11.4 Å². The summed E-state index contributed by atoms with van der Waals surface area (Å²) >= 11 is 0. The number of benzene rings is 2. The number of anilines is 2. The number of piperidine rings is 1. The molecule has 2 aromatic carbocycles. The van der Waals surface area contributed by atoms with Gasteiger partial charge in [0.05, 0.1) is 17.8 Å².